The lowest BCUT2D eigenvalue weighted by molar-refractivity contribution is -0.127. The van der Waals surface area contributed by atoms with Gasteiger partial charge in [0.2, 0.25) is 5.91 Å². The first-order valence-corrected chi connectivity index (χ1v) is 14.2. The highest BCUT2D eigenvalue weighted by atomic mass is 35.5. The summed E-state index contributed by atoms with van der Waals surface area (Å²) in [5.41, 5.74) is 2.24. The molecule has 0 aliphatic heterocycles. The molecule has 0 saturated heterocycles. The summed E-state index contributed by atoms with van der Waals surface area (Å²) >= 11 is 6.15. The van der Waals surface area contributed by atoms with Gasteiger partial charge in [0.05, 0.1) is 11.0 Å². The molecule has 5 nitrogen and oxygen atoms in total. The summed E-state index contributed by atoms with van der Waals surface area (Å²) in [6.45, 7) is 3.90. The summed E-state index contributed by atoms with van der Waals surface area (Å²) in [5.74, 6) is 1.21. The van der Waals surface area contributed by atoms with Gasteiger partial charge in [0.25, 0.3) is 0 Å². The van der Waals surface area contributed by atoms with E-state index < -0.39 is 12.1 Å². The van der Waals surface area contributed by atoms with Crippen LogP contribution in [0.4, 0.5) is 4.39 Å². The van der Waals surface area contributed by atoms with Crippen molar-refractivity contribution in [2.75, 3.05) is 0 Å². The van der Waals surface area contributed by atoms with Crippen LogP contribution in [0.3, 0.4) is 0 Å². The van der Waals surface area contributed by atoms with Crippen molar-refractivity contribution in [3.63, 3.8) is 0 Å². The Labute approximate surface area is 223 Å². The molecule has 37 heavy (non-hydrogen) atoms. The number of hydrogen-bond acceptors (Lipinski definition) is 3. The van der Waals surface area contributed by atoms with Crippen LogP contribution < -0.4 is 10.1 Å². The van der Waals surface area contributed by atoms with Crippen LogP contribution in [0.2, 0.25) is 5.02 Å². The number of carbonyl (C=O) groups is 1. The standard InChI is InChI=1S/C30H37ClFN3O2/c1-19-17-22(31)13-16-27(19)37-20(2)29-34-25-15-14-23(32)18-26(25)35(29)28(21-9-5-3-6-10-21)30(36)33-24-11-7-4-8-12-24/h13-18,20-21,24,28H,3-12H2,1-2H3,(H,33,36)/t20-,28?/m1/s1. The third-order valence-electron chi connectivity index (χ3n) is 8.08. The van der Waals surface area contributed by atoms with Crippen LogP contribution in [0.15, 0.2) is 36.4 Å². The highest BCUT2D eigenvalue weighted by molar-refractivity contribution is 6.30. The molecule has 1 amide bonds. The molecule has 1 N–H and O–H groups in total. The summed E-state index contributed by atoms with van der Waals surface area (Å²) < 4.78 is 22.9. The Kier molecular flexibility index (Phi) is 8.04. The Morgan fingerprint density at radius 3 is 2.46 bits per heavy atom. The van der Waals surface area contributed by atoms with Crippen molar-refractivity contribution in [3.8, 4) is 5.75 Å². The number of fused-ring (bicyclic) bond motifs is 1. The van der Waals surface area contributed by atoms with Gasteiger partial charge in [0.15, 0.2) is 11.9 Å². The molecule has 0 spiro atoms. The van der Waals surface area contributed by atoms with E-state index in [9.17, 15) is 9.18 Å². The highest BCUT2D eigenvalue weighted by Crippen LogP contribution is 2.38. The molecule has 1 aromatic heterocycles. The van der Waals surface area contributed by atoms with Gasteiger partial charge in [-0.2, -0.15) is 0 Å². The lowest BCUT2D eigenvalue weighted by Gasteiger charge is -2.34. The Bertz CT molecular complexity index is 1250. The average Bonchev–Trinajstić information content (AvgIpc) is 3.25. The molecular formula is C30H37ClFN3O2. The zero-order valence-electron chi connectivity index (χ0n) is 21.8. The molecule has 2 saturated carbocycles. The summed E-state index contributed by atoms with van der Waals surface area (Å²) in [4.78, 5) is 19.0. The number of halogens is 2. The smallest absolute Gasteiger partial charge is 0.243 e. The van der Waals surface area contributed by atoms with Crippen LogP contribution in [0.1, 0.15) is 94.7 Å². The van der Waals surface area contributed by atoms with E-state index in [1.807, 2.05) is 30.5 Å². The first-order valence-electron chi connectivity index (χ1n) is 13.8. The van der Waals surface area contributed by atoms with Crippen molar-refractivity contribution in [3.05, 3.63) is 58.6 Å². The van der Waals surface area contributed by atoms with Crippen LogP contribution in [-0.2, 0) is 4.79 Å². The van der Waals surface area contributed by atoms with Gasteiger partial charge in [-0.25, -0.2) is 9.37 Å². The van der Waals surface area contributed by atoms with Gasteiger partial charge in [0.1, 0.15) is 17.6 Å². The highest BCUT2D eigenvalue weighted by Gasteiger charge is 2.36. The van der Waals surface area contributed by atoms with Crippen LogP contribution in [-0.4, -0.2) is 21.5 Å². The third-order valence-corrected chi connectivity index (χ3v) is 8.31. The number of rotatable bonds is 7. The number of amides is 1. The van der Waals surface area contributed by atoms with Crippen molar-refractivity contribution < 1.29 is 13.9 Å². The summed E-state index contributed by atoms with van der Waals surface area (Å²) in [7, 11) is 0. The number of carbonyl (C=O) groups excluding carboxylic acids is 1. The molecule has 1 heterocycles. The SMILES string of the molecule is Cc1cc(Cl)ccc1O[C@H](C)c1nc2ccc(F)cc2n1C(C(=O)NC1CCCCC1)C1CCCCC1. The number of nitrogens with zero attached hydrogens (tertiary/aromatic N) is 2. The van der Waals surface area contributed by atoms with Gasteiger partial charge < -0.3 is 14.6 Å². The summed E-state index contributed by atoms with van der Waals surface area (Å²) in [5, 5.41) is 4.03. The van der Waals surface area contributed by atoms with Crippen LogP contribution in [0.25, 0.3) is 11.0 Å². The van der Waals surface area contributed by atoms with Crippen molar-refractivity contribution in [1.29, 1.82) is 0 Å². The normalized spacial score (nSPS) is 19.0. The summed E-state index contributed by atoms with van der Waals surface area (Å²) in [6, 6.07) is 9.90. The van der Waals surface area contributed by atoms with E-state index in [0.717, 1.165) is 56.9 Å². The Morgan fingerprint density at radius 2 is 1.76 bits per heavy atom. The number of benzene rings is 2. The second kappa shape index (κ2) is 11.4. The fourth-order valence-corrected chi connectivity index (χ4v) is 6.40. The van der Waals surface area contributed by atoms with E-state index in [2.05, 4.69) is 5.32 Å². The minimum absolute atomic E-state index is 0.0264. The first-order chi connectivity index (χ1) is 17.9. The topological polar surface area (TPSA) is 56.2 Å². The first kappa shape index (κ1) is 26.0. The average molecular weight is 526 g/mol. The molecule has 2 aromatic carbocycles. The van der Waals surface area contributed by atoms with E-state index in [1.54, 1.807) is 12.1 Å². The number of hydrogen-bond donors (Lipinski definition) is 1. The molecule has 5 rings (SSSR count). The van der Waals surface area contributed by atoms with Crippen LogP contribution in [0, 0.1) is 18.7 Å². The van der Waals surface area contributed by atoms with Crippen molar-refractivity contribution in [1.82, 2.24) is 14.9 Å². The number of aryl methyl sites for hydroxylation is 1. The predicted molar refractivity (Wildman–Crippen MR) is 146 cm³/mol. The molecule has 7 heteroatoms. The zero-order chi connectivity index (χ0) is 25.9. The van der Waals surface area contributed by atoms with E-state index in [1.165, 1.54) is 25.0 Å². The maximum Gasteiger partial charge on any atom is 0.243 e. The second-order valence-electron chi connectivity index (χ2n) is 10.8. The quantitative estimate of drug-likeness (QED) is 0.341. The van der Waals surface area contributed by atoms with E-state index >= 15 is 0 Å². The maximum atomic E-state index is 14.6. The minimum atomic E-state index is -0.457. The van der Waals surface area contributed by atoms with Crippen LogP contribution >= 0.6 is 11.6 Å². The Balaban J connectivity index is 1.57. The lowest BCUT2D eigenvalue weighted by atomic mass is 9.82. The van der Waals surface area contributed by atoms with Gasteiger partial charge in [-0.15, -0.1) is 0 Å². The van der Waals surface area contributed by atoms with Crippen LogP contribution in [0.5, 0.6) is 5.75 Å². The Morgan fingerprint density at radius 1 is 1.05 bits per heavy atom. The Hall–Kier alpha value is -2.60. The van der Waals surface area contributed by atoms with Gasteiger partial charge in [-0.3, -0.25) is 4.79 Å². The van der Waals surface area contributed by atoms with Gasteiger partial charge in [-0.05, 0) is 87.4 Å². The number of ether oxygens (including phenoxy) is 1. The number of aromatic nitrogens is 2. The maximum absolute atomic E-state index is 14.6. The van der Waals surface area contributed by atoms with Crippen molar-refractivity contribution in [2.45, 2.75) is 96.2 Å². The fourth-order valence-electron chi connectivity index (χ4n) is 6.18. The molecule has 1 unspecified atom stereocenters. The van der Waals surface area contributed by atoms with E-state index in [4.69, 9.17) is 21.3 Å². The zero-order valence-corrected chi connectivity index (χ0v) is 22.6. The molecule has 2 aliphatic carbocycles. The lowest BCUT2D eigenvalue weighted by Crippen LogP contribution is -2.44. The second-order valence-corrected chi connectivity index (χ2v) is 11.3. The number of imidazole rings is 1. The molecule has 2 fully saturated rings. The molecule has 0 bridgehead atoms. The van der Waals surface area contributed by atoms with Crippen molar-refractivity contribution >= 4 is 28.5 Å². The molecule has 198 valence electrons. The number of nitrogens with one attached hydrogen (secondary N) is 1. The van der Waals surface area contributed by atoms with E-state index in [-0.39, 0.29) is 23.7 Å². The summed E-state index contributed by atoms with van der Waals surface area (Å²) in [6.07, 6.45) is 10.4. The van der Waals surface area contributed by atoms with Gasteiger partial charge >= 0.3 is 0 Å². The molecule has 2 aliphatic rings. The fraction of sp³-hybridized carbons (Fsp3) is 0.533. The molecule has 3 aromatic rings. The molecule has 0 radical (unpaired) electrons. The molecular weight excluding hydrogens is 489 g/mol. The largest absolute Gasteiger partial charge is 0.483 e. The van der Waals surface area contributed by atoms with Gasteiger partial charge in [0, 0.05) is 11.1 Å². The van der Waals surface area contributed by atoms with E-state index in [0.29, 0.717) is 27.6 Å². The van der Waals surface area contributed by atoms with Gasteiger partial charge in [-0.1, -0.05) is 50.1 Å². The van der Waals surface area contributed by atoms with Crippen molar-refractivity contribution in [2.24, 2.45) is 5.92 Å². The predicted octanol–water partition coefficient (Wildman–Crippen LogP) is 7.85. The third kappa shape index (κ3) is 5.79. The monoisotopic (exact) mass is 525 g/mol. The minimum Gasteiger partial charge on any atom is -0.483 e. The molecule has 2 atom stereocenters.